The van der Waals surface area contributed by atoms with Gasteiger partial charge in [0.1, 0.15) is 17.5 Å². The molecule has 1 atom stereocenters. The molecule has 5 rings (SSSR count). The summed E-state index contributed by atoms with van der Waals surface area (Å²) in [5.74, 6) is -1.74. The number of amides is 1. The van der Waals surface area contributed by atoms with Crippen molar-refractivity contribution in [3.63, 3.8) is 0 Å². The summed E-state index contributed by atoms with van der Waals surface area (Å²) in [7, 11) is 0. The van der Waals surface area contributed by atoms with E-state index in [1.165, 1.54) is 6.07 Å². The molecule has 2 aliphatic carbocycles. The van der Waals surface area contributed by atoms with Crippen molar-refractivity contribution in [2.45, 2.75) is 43.6 Å². The van der Waals surface area contributed by atoms with Gasteiger partial charge in [0.2, 0.25) is 5.82 Å². The molecule has 1 aromatic heterocycles. The molecule has 0 bridgehead atoms. The van der Waals surface area contributed by atoms with E-state index >= 15 is 0 Å². The van der Waals surface area contributed by atoms with E-state index in [4.69, 9.17) is 0 Å². The Labute approximate surface area is 177 Å². The summed E-state index contributed by atoms with van der Waals surface area (Å²) < 4.78 is 28.2. The lowest BCUT2D eigenvalue weighted by atomic mass is 9.88. The summed E-state index contributed by atoms with van der Waals surface area (Å²) in [5, 5.41) is 9.45. The molecule has 1 heterocycles. The highest BCUT2D eigenvalue weighted by Gasteiger charge is 2.51. The average Bonchev–Trinajstić information content (AvgIpc) is 3.40. The number of benzene rings is 2. The van der Waals surface area contributed by atoms with E-state index in [1.54, 1.807) is 0 Å². The van der Waals surface area contributed by atoms with Crippen molar-refractivity contribution >= 4 is 11.7 Å². The number of nitrogens with one attached hydrogen (secondary N) is 2. The SMILES string of the molecule is O=C(NC1CC2(CC2)c2cc(F)cc(F)c2CC1=O)c1n[nH]c(Cc2ccccc2)n1. The van der Waals surface area contributed by atoms with Gasteiger partial charge >= 0.3 is 0 Å². The molecule has 158 valence electrons. The number of hydrogen-bond donors (Lipinski definition) is 2. The summed E-state index contributed by atoms with van der Waals surface area (Å²) in [6.07, 6.45) is 2.08. The Kier molecular flexibility index (Phi) is 4.64. The van der Waals surface area contributed by atoms with Crippen LogP contribution in [-0.2, 0) is 23.1 Å². The number of fused-ring (bicyclic) bond motifs is 2. The fourth-order valence-corrected chi connectivity index (χ4v) is 4.41. The van der Waals surface area contributed by atoms with Crippen molar-refractivity contribution < 1.29 is 18.4 Å². The highest BCUT2D eigenvalue weighted by Crippen LogP contribution is 2.54. The van der Waals surface area contributed by atoms with E-state index in [0.29, 0.717) is 24.2 Å². The number of ketones is 1. The highest BCUT2D eigenvalue weighted by atomic mass is 19.1. The molecule has 3 aromatic rings. The molecule has 0 radical (unpaired) electrons. The van der Waals surface area contributed by atoms with Crippen LogP contribution in [0.3, 0.4) is 0 Å². The second-order valence-corrected chi connectivity index (χ2v) is 8.34. The number of rotatable bonds is 4. The Balaban J connectivity index is 1.33. The molecule has 8 heteroatoms. The van der Waals surface area contributed by atoms with Gasteiger partial charge in [-0.3, -0.25) is 14.7 Å². The molecule has 1 fully saturated rings. The molecule has 0 saturated heterocycles. The minimum atomic E-state index is -0.805. The van der Waals surface area contributed by atoms with Crippen LogP contribution in [-0.4, -0.2) is 32.9 Å². The van der Waals surface area contributed by atoms with Crippen LogP contribution in [0.25, 0.3) is 0 Å². The summed E-state index contributed by atoms with van der Waals surface area (Å²) in [6.45, 7) is 0. The van der Waals surface area contributed by atoms with Crippen molar-refractivity contribution in [2.75, 3.05) is 0 Å². The molecule has 6 nitrogen and oxygen atoms in total. The first-order valence-corrected chi connectivity index (χ1v) is 10.2. The zero-order chi connectivity index (χ0) is 21.6. The van der Waals surface area contributed by atoms with Gasteiger partial charge in [-0.1, -0.05) is 30.3 Å². The molecule has 2 aromatic carbocycles. The number of nitrogens with zero attached hydrogens (tertiary/aromatic N) is 2. The molecule has 0 aliphatic heterocycles. The van der Waals surface area contributed by atoms with E-state index in [2.05, 4.69) is 20.5 Å². The fourth-order valence-electron chi connectivity index (χ4n) is 4.41. The molecular weight excluding hydrogens is 402 g/mol. The predicted molar refractivity (Wildman–Crippen MR) is 107 cm³/mol. The lowest BCUT2D eigenvalue weighted by Gasteiger charge is -2.20. The van der Waals surface area contributed by atoms with E-state index in [9.17, 15) is 18.4 Å². The van der Waals surface area contributed by atoms with E-state index in [1.807, 2.05) is 30.3 Å². The summed E-state index contributed by atoms with van der Waals surface area (Å²) in [6, 6.07) is 11.0. The molecule has 31 heavy (non-hydrogen) atoms. The number of halogens is 2. The Bertz CT molecular complexity index is 1170. The van der Waals surface area contributed by atoms with Gasteiger partial charge < -0.3 is 5.32 Å². The van der Waals surface area contributed by atoms with Crippen LogP contribution >= 0.6 is 0 Å². The second-order valence-electron chi connectivity index (χ2n) is 8.34. The minimum absolute atomic E-state index is 0.0532. The minimum Gasteiger partial charge on any atom is -0.339 e. The smallest absolute Gasteiger partial charge is 0.291 e. The van der Waals surface area contributed by atoms with Gasteiger partial charge in [-0.05, 0) is 47.4 Å². The van der Waals surface area contributed by atoms with Gasteiger partial charge in [0, 0.05) is 18.9 Å². The lowest BCUT2D eigenvalue weighted by molar-refractivity contribution is -0.120. The molecule has 1 amide bonds. The molecular formula is C23H20F2N4O2. The normalized spacial score (nSPS) is 19.0. The maximum atomic E-state index is 14.4. The lowest BCUT2D eigenvalue weighted by Crippen LogP contribution is -2.42. The first-order valence-electron chi connectivity index (χ1n) is 10.2. The van der Waals surface area contributed by atoms with Crippen LogP contribution in [0.2, 0.25) is 0 Å². The Hall–Kier alpha value is -3.42. The maximum absolute atomic E-state index is 14.4. The number of aromatic nitrogens is 3. The van der Waals surface area contributed by atoms with Crippen LogP contribution in [0.15, 0.2) is 42.5 Å². The second kappa shape index (κ2) is 7.37. The highest BCUT2D eigenvalue weighted by molar-refractivity contribution is 5.96. The third-order valence-electron chi connectivity index (χ3n) is 6.17. The van der Waals surface area contributed by atoms with Crippen molar-refractivity contribution in [1.29, 1.82) is 0 Å². The zero-order valence-electron chi connectivity index (χ0n) is 16.6. The zero-order valence-corrected chi connectivity index (χ0v) is 16.6. The summed E-state index contributed by atoms with van der Waals surface area (Å²) in [4.78, 5) is 29.8. The van der Waals surface area contributed by atoms with Crippen molar-refractivity contribution in [2.24, 2.45) is 0 Å². The Morgan fingerprint density at radius 3 is 2.71 bits per heavy atom. The quantitative estimate of drug-likeness (QED) is 0.677. The van der Waals surface area contributed by atoms with E-state index < -0.39 is 29.0 Å². The van der Waals surface area contributed by atoms with Crippen LogP contribution in [0.5, 0.6) is 0 Å². The number of H-pyrrole nitrogens is 1. The average molecular weight is 422 g/mol. The van der Waals surface area contributed by atoms with Gasteiger partial charge in [-0.25, -0.2) is 13.8 Å². The Morgan fingerprint density at radius 2 is 1.97 bits per heavy atom. The fraction of sp³-hybridized carbons (Fsp3) is 0.304. The van der Waals surface area contributed by atoms with Gasteiger partial charge in [0.25, 0.3) is 5.91 Å². The van der Waals surface area contributed by atoms with Gasteiger partial charge in [0.05, 0.1) is 6.04 Å². The standard InChI is InChI=1S/C23H20F2N4O2/c24-14-9-16-15(17(25)10-14)11-19(30)18(12-23(16)6-7-23)26-22(31)21-27-20(28-29-21)8-13-4-2-1-3-5-13/h1-5,9-10,18H,6-8,11-12H2,(H,26,31)(H,27,28,29). The van der Waals surface area contributed by atoms with Gasteiger partial charge in [0.15, 0.2) is 5.78 Å². The predicted octanol–water partition coefficient (Wildman–Crippen LogP) is 3.02. The number of hydrogen-bond acceptors (Lipinski definition) is 4. The molecule has 1 saturated carbocycles. The Morgan fingerprint density at radius 1 is 1.19 bits per heavy atom. The van der Waals surface area contributed by atoms with Crippen LogP contribution in [0.1, 0.15) is 52.4 Å². The maximum Gasteiger partial charge on any atom is 0.291 e. The van der Waals surface area contributed by atoms with Crippen molar-refractivity contribution in [3.8, 4) is 0 Å². The number of aromatic amines is 1. The number of Topliss-reactive ketones (excluding diaryl/α,β-unsaturated/α-hetero) is 1. The van der Waals surface area contributed by atoms with E-state index in [0.717, 1.165) is 24.5 Å². The van der Waals surface area contributed by atoms with Gasteiger partial charge in [-0.15, -0.1) is 5.10 Å². The third-order valence-corrected chi connectivity index (χ3v) is 6.17. The third kappa shape index (κ3) is 3.73. The first kappa shape index (κ1) is 19.5. The van der Waals surface area contributed by atoms with Crippen LogP contribution in [0, 0.1) is 11.6 Å². The molecule has 1 unspecified atom stereocenters. The largest absolute Gasteiger partial charge is 0.339 e. The first-order chi connectivity index (χ1) is 14.9. The molecule has 1 spiro atoms. The number of carbonyl (C=O) groups is 2. The van der Waals surface area contributed by atoms with E-state index in [-0.39, 0.29) is 23.6 Å². The molecule has 2 N–H and O–H groups in total. The van der Waals surface area contributed by atoms with Crippen LogP contribution < -0.4 is 5.32 Å². The summed E-state index contributed by atoms with van der Waals surface area (Å²) >= 11 is 0. The monoisotopic (exact) mass is 422 g/mol. The number of carbonyl (C=O) groups excluding carboxylic acids is 2. The molecule has 2 aliphatic rings. The van der Waals surface area contributed by atoms with Crippen molar-refractivity contribution in [1.82, 2.24) is 20.5 Å². The van der Waals surface area contributed by atoms with Crippen LogP contribution in [0.4, 0.5) is 8.78 Å². The van der Waals surface area contributed by atoms with Gasteiger partial charge in [-0.2, -0.15) is 0 Å². The topological polar surface area (TPSA) is 87.7 Å². The van der Waals surface area contributed by atoms with Crippen molar-refractivity contribution in [3.05, 3.63) is 82.4 Å². The summed E-state index contributed by atoms with van der Waals surface area (Å²) in [5.41, 5.74) is 1.34.